The molecule has 0 heterocycles. The van der Waals surface area contributed by atoms with Crippen LogP contribution in [-0.4, -0.2) is 39.5 Å². The van der Waals surface area contributed by atoms with E-state index in [2.05, 4.69) is 0 Å². The highest BCUT2D eigenvalue weighted by Crippen LogP contribution is 2.24. The van der Waals surface area contributed by atoms with Crippen LogP contribution in [0.1, 0.15) is 31.1 Å². The van der Waals surface area contributed by atoms with E-state index in [0.717, 1.165) is 0 Å². The van der Waals surface area contributed by atoms with Gasteiger partial charge >= 0.3 is 5.97 Å². The Hall–Kier alpha value is -3.65. The molecule has 0 bridgehead atoms. The number of carbonyl (C=O) groups excluding carboxylic acids is 2. The molecule has 0 aromatic heterocycles. The number of sulfonamides is 1. The van der Waals surface area contributed by atoms with Gasteiger partial charge < -0.3 is 9.64 Å². The molecule has 3 aromatic rings. The first-order chi connectivity index (χ1) is 16.3. The van der Waals surface area contributed by atoms with Gasteiger partial charge in [-0.2, -0.15) is 0 Å². The monoisotopic (exact) mass is 480 g/mol. The molecule has 0 aliphatic rings. The van der Waals surface area contributed by atoms with E-state index in [-0.39, 0.29) is 22.9 Å². The van der Waals surface area contributed by atoms with Crippen LogP contribution < -0.4 is 9.21 Å². The van der Waals surface area contributed by atoms with E-state index in [1.54, 1.807) is 31.2 Å². The van der Waals surface area contributed by atoms with Crippen molar-refractivity contribution in [2.24, 2.45) is 0 Å². The summed E-state index contributed by atoms with van der Waals surface area (Å²) < 4.78 is 32.9. The number of rotatable bonds is 9. The number of esters is 1. The van der Waals surface area contributed by atoms with E-state index < -0.39 is 22.1 Å². The maximum atomic E-state index is 13.1. The molecule has 1 amide bonds. The third-order valence-corrected chi connectivity index (χ3v) is 7.21. The molecular weight excluding hydrogens is 452 g/mol. The predicted octanol–water partition coefficient (Wildman–Crippen LogP) is 4.50. The van der Waals surface area contributed by atoms with Crippen molar-refractivity contribution in [3.8, 4) is 0 Å². The van der Waals surface area contributed by atoms with Gasteiger partial charge in [0, 0.05) is 18.8 Å². The minimum Gasteiger partial charge on any atom is -0.449 e. The number of hydrogen-bond acceptors (Lipinski definition) is 5. The molecule has 0 aliphatic heterocycles. The molecule has 0 radical (unpaired) electrons. The molecule has 0 spiro atoms. The Morgan fingerprint density at radius 2 is 1.32 bits per heavy atom. The fraction of sp³-hybridized carbons (Fsp3) is 0.231. The van der Waals surface area contributed by atoms with Crippen LogP contribution >= 0.6 is 0 Å². The molecule has 7 nitrogen and oxygen atoms in total. The van der Waals surface area contributed by atoms with Crippen LogP contribution in [0.4, 0.5) is 11.4 Å². The molecular formula is C26H28N2O5S. The van der Waals surface area contributed by atoms with E-state index in [9.17, 15) is 18.0 Å². The van der Waals surface area contributed by atoms with Crippen molar-refractivity contribution >= 4 is 33.3 Å². The highest BCUT2D eigenvalue weighted by atomic mass is 32.2. The number of amides is 1. The third kappa shape index (κ3) is 5.46. The van der Waals surface area contributed by atoms with Crippen molar-refractivity contribution in [3.63, 3.8) is 0 Å². The van der Waals surface area contributed by atoms with Gasteiger partial charge in [-0.15, -0.1) is 0 Å². The quantitative estimate of drug-likeness (QED) is 0.421. The van der Waals surface area contributed by atoms with Crippen LogP contribution in [0.2, 0.25) is 0 Å². The van der Waals surface area contributed by atoms with Gasteiger partial charge in [0.2, 0.25) is 0 Å². The van der Waals surface area contributed by atoms with Gasteiger partial charge in [0.1, 0.15) is 0 Å². The highest BCUT2D eigenvalue weighted by molar-refractivity contribution is 7.92. The summed E-state index contributed by atoms with van der Waals surface area (Å²) in [4.78, 5) is 27.1. The Morgan fingerprint density at radius 3 is 1.82 bits per heavy atom. The molecule has 1 atom stereocenters. The lowest BCUT2D eigenvalue weighted by Gasteiger charge is -2.24. The summed E-state index contributed by atoms with van der Waals surface area (Å²) >= 11 is 0. The smallest absolute Gasteiger partial charge is 0.338 e. The molecule has 8 heteroatoms. The second-order valence-corrected chi connectivity index (χ2v) is 9.36. The minimum absolute atomic E-state index is 0.0557. The number of nitrogens with zero attached hydrogens (tertiary/aromatic N) is 2. The number of para-hydroxylation sites is 2. The second kappa shape index (κ2) is 11.0. The van der Waals surface area contributed by atoms with Gasteiger partial charge in [0.25, 0.3) is 15.9 Å². The van der Waals surface area contributed by atoms with E-state index in [4.69, 9.17) is 4.74 Å². The molecule has 0 saturated carbocycles. The maximum Gasteiger partial charge on any atom is 0.338 e. The molecule has 3 aromatic carbocycles. The summed E-state index contributed by atoms with van der Waals surface area (Å²) in [7, 11) is -3.81. The van der Waals surface area contributed by atoms with Crippen molar-refractivity contribution < 1.29 is 22.7 Å². The predicted molar refractivity (Wildman–Crippen MR) is 132 cm³/mol. The van der Waals surface area contributed by atoms with Crippen molar-refractivity contribution in [1.29, 1.82) is 0 Å². The Bertz CT molecular complexity index is 1210. The first kappa shape index (κ1) is 25.0. The third-order valence-electron chi connectivity index (χ3n) is 5.29. The molecule has 34 heavy (non-hydrogen) atoms. The van der Waals surface area contributed by atoms with Crippen molar-refractivity contribution in [3.05, 3.63) is 90.5 Å². The van der Waals surface area contributed by atoms with Crippen LogP contribution in [0.25, 0.3) is 0 Å². The average Bonchev–Trinajstić information content (AvgIpc) is 2.86. The maximum absolute atomic E-state index is 13.1. The van der Waals surface area contributed by atoms with Gasteiger partial charge in [-0.3, -0.25) is 9.10 Å². The zero-order valence-corrected chi connectivity index (χ0v) is 20.2. The molecule has 0 fully saturated rings. The summed E-state index contributed by atoms with van der Waals surface area (Å²) in [5, 5.41) is 0. The summed E-state index contributed by atoms with van der Waals surface area (Å²) in [6, 6.07) is 23.4. The number of benzene rings is 3. The molecule has 178 valence electrons. The fourth-order valence-electron chi connectivity index (χ4n) is 3.55. The first-order valence-electron chi connectivity index (χ1n) is 11.0. The Kier molecular flexibility index (Phi) is 8.07. The zero-order chi connectivity index (χ0) is 24.7. The van der Waals surface area contributed by atoms with E-state index >= 15 is 0 Å². The Morgan fingerprint density at radius 1 is 0.794 bits per heavy atom. The Labute approximate surface area is 200 Å². The minimum atomic E-state index is -3.81. The SMILES string of the molecule is CCN(C(=O)[C@@H](C)OC(=O)c1ccc(S(=O)(=O)N(CC)c2ccccc2)cc1)c1ccccc1. The second-order valence-electron chi connectivity index (χ2n) is 7.50. The summed E-state index contributed by atoms with van der Waals surface area (Å²) in [5.74, 6) is -1.05. The first-order valence-corrected chi connectivity index (χ1v) is 12.5. The van der Waals surface area contributed by atoms with Crippen LogP contribution in [0, 0.1) is 0 Å². The zero-order valence-electron chi connectivity index (χ0n) is 19.4. The number of likely N-dealkylation sites (N-methyl/N-ethyl adjacent to an activating group) is 1. The lowest BCUT2D eigenvalue weighted by atomic mass is 10.2. The number of ether oxygens (including phenoxy) is 1. The molecule has 0 aliphatic carbocycles. The van der Waals surface area contributed by atoms with Gasteiger partial charge in [0.15, 0.2) is 6.10 Å². The normalized spacial score (nSPS) is 12.0. The van der Waals surface area contributed by atoms with Crippen molar-refractivity contribution in [2.45, 2.75) is 31.8 Å². The van der Waals surface area contributed by atoms with Gasteiger partial charge in [0.05, 0.1) is 16.1 Å². The number of carbonyl (C=O) groups is 2. The van der Waals surface area contributed by atoms with Gasteiger partial charge in [-0.05, 0) is 69.3 Å². The van der Waals surface area contributed by atoms with E-state index in [1.165, 1.54) is 40.4 Å². The topological polar surface area (TPSA) is 84.0 Å². The van der Waals surface area contributed by atoms with Crippen LogP contribution in [0.3, 0.4) is 0 Å². The van der Waals surface area contributed by atoms with Crippen molar-refractivity contribution in [2.75, 3.05) is 22.3 Å². The van der Waals surface area contributed by atoms with E-state index in [0.29, 0.717) is 17.9 Å². The largest absolute Gasteiger partial charge is 0.449 e. The number of hydrogen-bond donors (Lipinski definition) is 0. The number of anilines is 2. The Balaban J connectivity index is 1.73. The average molecular weight is 481 g/mol. The lowest BCUT2D eigenvalue weighted by Crippen LogP contribution is -2.40. The van der Waals surface area contributed by atoms with Crippen LogP contribution in [0.15, 0.2) is 89.8 Å². The summed E-state index contributed by atoms with van der Waals surface area (Å²) in [6.07, 6.45) is -1.01. The fourth-order valence-corrected chi connectivity index (χ4v) is 5.02. The summed E-state index contributed by atoms with van der Waals surface area (Å²) in [5.41, 5.74) is 1.43. The highest BCUT2D eigenvalue weighted by Gasteiger charge is 2.26. The van der Waals surface area contributed by atoms with Gasteiger partial charge in [-0.25, -0.2) is 13.2 Å². The van der Waals surface area contributed by atoms with Crippen molar-refractivity contribution in [1.82, 2.24) is 0 Å². The molecule has 0 N–H and O–H groups in total. The molecule has 0 unspecified atom stereocenters. The van der Waals surface area contributed by atoms with Gasteiger partial charge in [-0.1, -0.05) is 36.4 Å². The molecule has 0 saturated heterocycles. The molecule has 3 rings (SSSR count). The van der Waals surface area contributed by atoms with E-state index in [1.807, 2.05) is 43.3 Å². The van der Waals surface area contributed by atoms with Crippen LogP contribution in [-0.2, 0) is 19.6 Å². The summed E-state index contributed by atoms with van der Waals surface area (Å²) in [6.45, 7) is 5.79. The van der Waals surface area contributed by atoms with Crippen LogP contribution in [0.5, 0.6) is 0 Å². The lowest BCUT2D eigenvalue weighted by molar-refractivity contribution is -0.126. The standard InChI is InChI=1S/C26H28N2O5S/c1-4-27(22-12-8-6-9-13-22)25(29)20(3)33-26(30)21-16-18-24(19-17-21)34(31,32)28(5-2)23-14-10-7-11-15-23/h6-20H,4-5H2,1-3H3/t20-/m1/s1.